The van der Waals surface area contributed by atoms with Crippen molar-refractivity contribution in [2.24, 2.45) is 11.7 Å². The molecule has 0 spiro atoms. The predicted octanol–water partition coefficient (Wildman–Crippen LogP) is 1.09. The van der Waals surface area contributed by atoms with Crippen LogP contribution < -0.4 is 11.1 Å². The van der Waals surface area contributed by atoms with Crippen molar-refractivity contribution in [1.29, 1.82) is 0 Å². The van der Waals surface area contributed by atoms with Crippen LogP contribution >= 0.6 is 12.4 Å². The van der Waals surface area contributed by atoms with Crippen LogP contribution in [-0.4, -0.2) is 31.2 Å². The van der Waals surface area contributed by atoms with Crippen LogP contribution in [0.2, 0.25) is 0 Å². The molecule has 5 heteroatoms. The highest BCUT2D eigenvalue weighted by atomic mass is 35.5. The van der Waals surface area contributed by atoms with Crippen molar-refractivity contribution in [1.82, 2.24) is 5.32 Å². The molecular weight excluding hydrogens is 228 g/mol. The molecule has 4 nitrogen and oxygen atoms in total. The van der Waals surface area contributed by atoms with Crippen LogP contribution in [0.3, 0.4) is 0 Å². The number of hydrogen-bond acceptors (Lipinski definition) is 3. The molecule has 0 amide bonds. The summed E-state index contributed by atoms with van der Waals surface area (Å²) in [5.74, 6) is 0.171. The largest absolute Gasteiger partial charge is 0.461 e. The molecule has 1 rings (SSSR count). The number of carbonyl (C=O) groups excluding carboxylic acids is 1. The van der Waals surface area contributed by atoms with Crippen molar-refractivity contribution < 1.29 is 9.53 Å². The van der Waals surface area contributed by atoms with Crippen molar-refractivity contribution in [3.05, 3.63) is 0 Å². The Hall–Kier alpha value is -0.320. The van der Waals surface area contributed by atoms with E-state index in [1.54, 1.807) is 0 Å². The molecule has 0 unspecified atom stereocenters. The fourth-order valence-corrected chi connectivity index (χ4v) is 1.70. The van der Waals surface area contributed by atoms with Gasteiger partial charge in [0.05, 0.1) is 0 Å². The van der Waals surface area contributed by atoms with Gasteiger partial charge in [-0.2, -0.15) is 0 Å². The summed E-state index contributed by atoms with van der Waals surface area (Å²) in [6, 6.07) is -0.469. The Morgan fingerprint density at radius 2 is 2.00 bits per heavy atom. The van der Waals surface area contributed by atoms with Crippen LogP contribution in [0.15, 0.2) is 0 Å². The van der Waals surface area contributed by atoms with Gasteiger partial charge in [-0.05, 0) is 25.2 Å². The maximum Gasteiger partial charge on any atom is 0.323 e. The fraction of sp³-hybridized carbons (Fsp3) is 0.909. The van der Waals surface area contributed by atoms with Gasteiger partial charge >= 0.3 is 5.97 Å². The average molecular weight is 250 g/mol. The minimum absolute atomic E-state index is 0. The van der Waals surface area contributed by atoms with E-state index in [0.29, 0.717) is 12.3 Å². The minimum Gasteiger partial charge on any atom is -0.461 e. The van der Waals surface area contributed by atoms with Gasteiger partial charge in [0.25, 0.3) is 0 Å². The summed E-state index contributed by atoms with van der Waals surface area (Å²) in [7, 11) is 0. The monoisotopic (exact) mass is 249 g/mol. The zero-order valence-corrected chi connectivity index (χ0v) is 10.8. The molecule has 0 bridgehead atoms. The quantitative estimate of drug-likeness (QED) is 0.759. The molecule has 1 radical (unpaired) electrons. The van der Waals surface area contributed by atoms with E-state index in [4.69, 9.17) is 10.5 Å². The van der Waals surface area contributed by atoms with Gasteiger partial charge in [0.15, 0.2) is 0 Å². The molecule has 0 aromatic heterocycles. The van der Waals surface area contributed by atoms with E-state index in [1.165, 1.54) is 0 Å². The molecule has 0 aliphatic carbocycles. The SMILES string of the molecule is CC(C)C[C@@H](N)C(=O)OC1CC[N]CC1.Cl. The van der Waals surface area contributed by atoms with Gasteiger partial charge < -0.3 is 10.5 Å². The van der Waals surface area contributed by atoms with Crippen molar-refractivity contribution >= 4 is 18.4 Å². The zero-order chi connectivity index (χ0) is 11.3. The Balaban J connectivity index is 0.00000225. The summed E-state index contributed by atoms with van der Waals surface area (Å²) in [5.41, 5.74) is 5.74. The first-order valence-corrected chi connectivity index (χ1v) is 5.69. The first-order chi connectivity index (χ1) is 7.09. The van der Waals surface area contributed by atoms with E-state index < -0.39 is 6.04 Å². The Labute approximate surface area is 104 Å². The summed E-state index contributed by atoms with van der Waals surface area (Å²) in [6.07, 6.45) is 2.42. The average Bonchev–Trinajstić information content (AvgIpc) is 2.18. The second-order valence-electron chi connectivity index (χ2n) is 4.54. The van der Waals surface area contributed by atoms with Crippen LogP contribution in [-0.2, 0) is 9.53 Å². The maximum atomic E-state index is 11.6. The summed E-state index contributed by atoms with van der Waals surface area (Å²) in [6.45, 7) is 5.70. The summed E-state index contributed by atoms with van der Waals surface area (Å²) >= 11 is 0. The lowest BCUT2D eigenvalue weighted by atomic mass is 10.0. The number of piperidine rings is 1. The second kappa shape index (κ2) is 7.87. The van der Waals surface area contributed by atoms with Crippen molar-refractivity contribution in [2.45, 2.75) is 45.3 Å². The van der Waals surface area contributed by atoms with Crippen LogP contribution in [0, 0.1) is 5.92 Å². The predicted molar refractivity (Wildman–Crippen MR) is 65.7 cm³/mol. The van der Waals surface area contributed by atoms with Gasteiger partial charge in [-0.1, -0.05) is 13.8 Å². The Morgan fingerprint density at radius 1 is 1.44 bits per heavy atom. The molecule has 0 saturated carbocycles. The molecule has 1 saturated heterocycles. The third-order valence-corrected chi connectivity index (χ3v) is 2.53. The van der Waals surface area contributed by atoms with Crippen molar-refractivity contribution in [3.63, 3.8) is 0 Å². The van der Waals surface area contributed by atoms with Crippen molar-refractivity contribution in [2.75, 3.05) is 13.1 Å². The van der Waals surface area contributed by atoms with Crippen LogP contribution in [0.25, 0.3) is 0 Å². The number of rotatable bonds is 4. The minimum atomic E-state index is -0.469. The van der Waals surface area contributed by atoms with Gasteiger partial charge in [-0.15, -0.1) is 12.4 Å². The molecule has 1 fully saturated rings. The van der Waals surface area contributed by atoms with E-state index in [2.05, 4.69) is 5.32 Å². The molecule has 0 aromatic carbocycles. The first kappa shape index (κ1) is 15.7. The van der Waals surface area contributed by atoms with Crippen LogP contribution in [0.4, 0.5) is 0 Å². The maximum absolute atomic E-state index is 11.6. The van der Waals surface area contributed by atoms with E-state index in [9.17, 15) is 4.79 Å². The van der Waals surface area contributed by atoms with Gasteiger partial charge in [-0.3, -0.25) is 4.79 Å². The number of hydrogen-bond donors (Lipinski definition) is 1. The van der Waals surface area contributed by atoms with Gasteiger partial charge in [0, 0.05) is 13.1 Å². The summed E-state index contributed by atoms with van der Waals surface area (Å²) in [5, 5.41) is 4.21. The highest BCUT2D eigenvalue weighted by Gasteiger charge is 2.22. The number of nitrogens with zero attached hydrogens (tertiary/aromatic N) is 1. The molecule has 1 aliphatic heterocycles. The number of ether oxygens (including phenoxy) is 1. The van der Waals surface area contributed by atoms with E-state index in [0.717, 1.165) is 25.9 Å². The van der Waals surface area contributed by atoms with Crippen LogP contribution in [0.5, 0.6) is 0 Å². The first-order valence-electron chi connectivity index (χ1n) is 5.69. The summed E-state index contributed by atoms with van der Waals surface area (Å²) < 4.78 is 5.33. The number of halogens is 1. The highest BCUT2D eigenvalue weighted by Crippen LogP contribution is 2.11. The molecule has 1 atom stereocenters. The van der Waals surface area contributed by atoms with E-state index in [1.807, 2.05) is 13.8 Å². The Kier molecular flexibility index (Phi) is 7.72. The topological polar surface area (TPSA) is 66.4 Å². The summed E-state index contributed by atoms with van der Waals surface area (Å²) in [4.78, 5) is 11.6. The molecule has 16 heavy (non-hydrogen) atoms. The van der Waals surface area contributed by atoms with Crippen molar-refractivity contribution in [3.8, 4) is 0 Å². The molecule has 95 valence electrons. The number of nitrogens with two attached hydrogens (primary N) is 1. The lowest BCUT2D eigenvalue weighted by molar-refractivity contribution is -0.152. The van der Waals surface area contributed by atoms with Gasteiger partial charge in [-0.25, -0.2) is 5.32 Å². The normalized spacial score (nSPS) is 19.0. The molecule has 1 heterocycles. The third-order valence-electron chi connectivity index (χ3n) is 2.53. The Morgan fingerprint density at radius 3 is 2.50 bits per heavy atom. The Bertz CT molecular complexity index is 206. The number of carbonyl (C=O) groups is 1. The smallest absolute Gasteiger partial charge is 0.323 e. The number of esters is 1. The molecule has 0 aromatic rings. The van der Waals surface area contributed by atoms with Crippen LogP contribution in [0.1, 0.15) is 33.1 Å². The van der Waals surface area contributed by atoms with E-state index >= 15 is 0 Å². The second-order valence-corrected chi connectivity index (χ2v) is 4.54. The van der Waals surface area contributed by atoms with Gasteiger partial charge in [0.2, 0.25) is 0 Å². The van der Waals surface area contributed by atoms with E-state index in [-0.39, 0.29) is 24.5 Å². The highest BCUT2D eigenvalue weighted by molar-refractivity contribution is 5.85. The molecule has 2 N–H and O–H groups in total. The van der Waals surface area contributed by atoms with Gasteiger partial charge in [0.1, 0.15) is 12.1 Å². The molecular formula is C11H22ClN2O2. The lowest BCUT2D eigenvalue weighted by Crippen LogP contribution is -2.38. The third kappa shape index (κ3) is 5.68. The zero-order valence-electron chi connectivity index (χ0n) is 10.0. The lowest BCUT2D eigenvalue weighted by Gasteiger charge is -2.23. The fourth-order valence-electron chi connectivity index (χ4n) is 1.70. The standard InChI is InChI=1S/C11H21N2O2.ClH/c1-8(2)7-10(12)11(14)15-9-3-5-13-6-4-9;/h8-10H,3-7,12H2,1-2H3;1H/t10-;/m1./s1. The molecule has 1 aliphatic rings.